The van der Waals surface area contributed by atoms with Crippen molar-refractivity contribution in [2.75, 3.05) is 43.9 Å². The van der Waals surface area contributed by atoms with Crippen LogP contribution in [0.1, 0.15) is 0 Å². The molecule has 0 spiro atoms. The van der Waals surface area contributed by atoms with Crippen LogP contribution in [0.15, 0.2) is 36.5 Å². The molecule has 25 heavy (non-hydrogen) atoms. The number of fused-ring (bicyclic) bond motifs is 5. The molecule has 2 N–H and O–H groups in total. The molecular weight excluding hydrogens is 314 g/mol. The highest BCUT2D eigenvalue weighted by Gasteiger charge is 2.18. The fraction of sp³-hybridized carbons (Fsp3) is 0.278. The van der Waals surface area contributed by atoms with Crippen molar-refractivity contribution >= 4 is 39.3 Å². The number of nitrogens with zero attached hydrogens (tertiary/aromatic N) is 6. The van der Waals surface area contributed by atoms with E-state index in [0.717, 1.165) is 59.8 Å². The van der Waals surface area contributed by atoms with Crippen molar-refractivity contribution in [3.05, 3.63) is 36.5 Å². The van der Waals surface area contributed by atoms with Gasteiger partial charge in [0.2, 0.25) is 5.95 Å². The summed E-state index contributed by atoms with van der Waals surface area (Å²) in [5.41, 5.74) is 10.4. The van der Waals surface area contributed by atoms with Gasteiger partial charge in [-0.3, -0.25) is 4.40 Å². The van der Waals surface area contributed by atoms with Gasteiger partial charge in [0.25, 0.3) is 0 Å². The summed E-state index contributed by atoms with van der Waals surface area (Å²) < 4.78 is 2.04. The maximum absolute atomic E-state index is 6.23. The van der Waals surface area contributed by atoms with Crippen LogP contribution in [0, 0.1) is 0 Å². The Balaban J connectivity index is 1.77. The minimum absolute atomic E-state index is 0.639. The molecule has 4 heterocycles. The van der Waals surface area contributed by atoms with E-state index in [0.29, 0.717) is 5.69 Å². The fourth-order valence-electron chi connectivity index (χ4n) is 3.48. The monoisotopic (exact) mass is 333 g/mol. The molecular formula is C18H19N7. The Kier molecular flexibility index (Phi) is 3.05. The molecule has 0 aliphatic carbocycles. The van der Waals surface area contributed by atoms with Crippen molar-refractivity contribution in [2.24, 2.45) is 0 Å². The number of hydrogen-bond donors (Lipinski definition) is 1. The summed E-state index contributed by atoms with van der Waals surface area (Å²) in [4.78, 5) is 18.7. The molecule has 1 fully saturated rings. The minimum atomic E-state index is 0.639. The SMILES string of the molecule is CN1CCN(c2ncc3cc(N)c4nc5ccccc5n4c3n2)CC1. The summed E-state index contributed by atoms with van der Waals surface area (Å²) in [6, 6.07) is 9.94. The topological polar surface area (TPSA) is 75.6 Å². The number of likely N-dealkylation sites (N-methyl/N-ethyl adjacent to an activating group) is 1. The van der Waals surface area contributed by atoms with Crippen LogP contribution in [0.3, 0.4) is 0 Å². The second-order valence-electron chi connectivity index (χ2n) is 6.60. The van der Waals surface area contributed by atoms with E-state index < -0.39 is 0 Å². The molecule has 7 heteroatoms. The van der Waals surface area contributed by atoms with Gasteiger partial charge in [0, 0.05) is 37.8 Å². The summed E-state index contributed by atoms with van der Waals surface area (Å²) >= 11 is 0. The van der Waals surface area contributed by atoms with E-state index >= 15 is 0 Å². The number of aromatic nitrogens is 4. The van der Waals surface area contributed by atoms with Crippen LogP contribution in [0.2, 0.25) is 0 Å². The van der Waals surface area contributed by atoms with Gasteiger partial charge in [0.1, 0.15) is 0 Å². The maximum Gasteiger partial charge on any atom is 0.227 e. The molecule has 126 valence electrons. The van der Waals surface area contributed by atoms with Gasteiger partial charge in [0.05, 0.1) is 16.7 Å². The van der Waals surface area contributed by atoms with Crippen LogP contribution in [0.25, 0.3) is 27.7 Å². The van der Waals surface area contributed by atoms with Gasteiger partial charge >= 0.3 is 0 Å². The first-order valence-electron chi connectivity index (χ1n) is 8.46. The number of para-hydroxylation sites is 2. The number of rotatable bonds is 1. The van der Waals surface area contributed by atoms with Gasteiger partial charge in [-0.25, -0.2) is 9.97 Å². The van der Waals surface area contributed by atoms with Crippen molar-refractivity contribution in [3.63, 3.8) is 0 Å². The van der Waals surface area contributed by atoms with Crippen LogP contribution in [0.5, 0.6) is 0 Å². The largest absolute Gasteiger partial charge is 0.396 e. The van der Waals surface area contributed by atoms with Crippen LogP contribution in [-0.2, 0) is 0 Å². The van der Waals surface area contributed by atoms with Crippen molar-refractivity contribution in [2.45, 2.75) is 0 Å². The lowest BCUT2D eigenvalue weighted by molar-refractivity contribution is 0.311. The van der Waals surface area contributed by atoms with E-state index in [4.69, 9.17) is 10.7 Å². The van der Waals surface area contributed by atoms with E-state index in [2.05, 4.69) is 26.8 Å². The minimum Gasteiger partial charge on any atom is -0.396 e. The van der Waals surface area contributed by atoms with Gasteiger partial charge in [-0.05, 0) is 25.2 Å². The number of imidazole rings is 1. The second-order valence-corrected chi connectivity index (χ2v) is 6.60. The van der Waals surface area contributed by atoms with Crippen LogP contribution >= 0.6 is 0 Å². The standard InChI is InChI=1S/C18H19N7/c1-23-6-8-24(9-7-23)18-20-11-12-10-13(19)17-21-14-4-2-3-5-15(14)25(17)16(12)22-18/h2-5,10-11H,6-9,19H2,1H3. The highest BCUT2D eigenvalue weighted by Crippen LogP contribution is 2.27. The lowest BCUT2D eigenvalue weighted by Gasteiger charge is -2.32. The van der Waals surface area contributed by atoms with Crippen LogP contribution in [0.4, 0.5) is 11.6 Å². The zero-order valence-electron chi connectivity index (χ0n) is 14.1. The molecule has 1 saturated heterocycles. The van der Waals surface area contributed by atoms with E-state index in [1.54, 1.807) is 0 Å². The summed E-state index contributed by atoms with van der Waals surface area (Å²) in [5.74, 6) is 0.768. The Hall–Kier alpha value is -2.93. The molecule has 1 aliphatic rings. The lowest BCUT2D eigenvalue weighted by atomic mass is 10.3. The summed E-state index contributed by atoms with van der Waals surface area (Å²) in [5, 5.41) is 0.922. The van der Waals surface area contributed by atoms with Gasteiger partial charge in [-0.1, -0.05) is 12.1 Å². The molecule has 1 aromatic carbocycles. The van der Waals surface area contributed by atoms with Crippen LogP contribution in [-0.4, -0.2) is 57.5 Å². The average molecular weight is 333 g/mol. The molecule has 1 aliphatic heterocycles. The average Bonchev–Trinajstić information content (AvgIpc) is 3.03. The Morgan fingerprint density at radius 2 is 1.80 bits per heavy atom. The van der Waals surface area contributed by atoms with Gasteiger partial charge in [-0.15, -0.1) is 0 Å². The first kappa shape index (κ1) is 14.4. The Labute approximate surface area is 144 Å². The molecule has 0 radical (unpaired) electrons. The normalized spacial score (nSPS) is 16.3. The van der Waals surface area contributed by atoms with Crippen molar-refractivity contribution in [1.29, 1.82) is 0 Å². The van der Waals surface area contributed by atoms with Crippen LogP contribution < -0.4 is 10.6 Å². The number of anilines is 2. The van der Waals surface area contributed by atoms with Gasteiger partial charge in [-0.2, -0.15) is 4.98 Å². The van der Waals surface area contributed by atoms with E-state index in [-0.39, 0.29) is 0 Å². The number of hydrogen-bond acceptors (Lipinski definition) is 6. The molecule has 7 nitrogen and oxygen atoms in total. The lowest BCUT2D eigenvalue weighted by Crippen LogP contribution is -2.45. The summed E-state index contributed by atoms with van der Waals surface area (Å²) in [6.07, 6.45) is 1.86. The quantitative estimate of drug-likeness (QED) is 0.572. The molecule has 0 bridgehead atoms. The summed E-state index contributed by atoms with van der Waals surface area (Å²) in [6.45, 7) is 3.91. The first-order chi connectivity index (χ1) is 12.2. The third-order valence-electron chi connectivity index (χ3n) is 4.91. The number of pyridine rings is 1. The molecule has 0 unspecified atom stereocenters. The third-order valence-corrected chi connectivity index (χ3v) is 4.91. The highest BCUT2D eigenvalue weighted by molar-refractivity contribution is 5.93. The second kappa shape index (κ2) is 5.29. The van der Waals surface area contributed by atoms with Crippen molar-refractivity contribution in [1.82, 2.24) is 24.3 Å². The van der Waals surface area contributed by atoms with Crippen molar-refractivity contribution < 1.29 is 0 Å². The van der Waals surface area contributed by atoms with Gasteiger partial charge in [0.15, 0.2) is 11.3 Å². The third kappa shape index (κ3) is 2.20. The predicted molar refractivity (Wildman–Crippen MR) is 99.9 cm³/mol. The zero-order valence-corrected chi connectivity index (χ0v) is 14.1. The summed E-state index contributed by atoms with van der Waals surface area (Å²) in [7, 11) is 2.14. The molecule has 0 atom stereocenters. The zero-order chi connectivity index (χ0) is 17.0. The number of nitrogen functional groups attached to an aromatic ring is 1. The van der Waals surface area contributed by atoms with E-state index in [1.165, 1.54) is 0 Å². The number of piperazine rings is 1. The predicted octanol–water partition coefficient (Wildman–Crippen LogP) is 1.76. The number of nitrogens with two attached hydrogens (primary N) is 1. The molecule has 4 aromatic rings. The fourth-order valence-corrected chi connectivity index (χ4v) is 3.48. The maximum atomic E-state index is 6.23. The Morgan fingerprint density at radius 3 is 2.64 bits per heavy atom. The van der Waals surface area contributed by atoms with E-state index in [9.17, 15) is 0 Å². The van der Waals surface area contributed by atoms with Gasteiger partial charge < -0.3 is 15.5 Å². The molecule has 0 amide bonds. The van der Waals surface area contributed by atoms with E-state index in [1.807, 2.05) is 40.9 Å². The number of benzene rings is 1. The first-order valence-corrected chi connectivity index (χ1v) is 8.46. The smallest absolute Gasteiger partial charge is 0.227 e. The molecule has 3 aromatic heterocycles. The Bertz CT molecular complexity index is 1090. The highest BCUT2D eigenvalue weighted by atomic mass is 15.3. The molecule has 0 saturated carbocycles. The van der Waals surface area contributed by atoms with Crippen molar-refractivity contribution in [3.8, 4) is 0 Å². The Morgan fingerprint density at radius 1 is 1.00 bits per heavy atom. The molecule has 5 rings (SSSR count).